The van der Waals surface area contributed by atoms with Gasteiger partial charge in [0.25, 0.3) is 0 Å². The van der Waals surface area contributed by atoms with Crippen molar-refractivity contribution < 1.29 is 9.59 Å². The summed E-state index contributed by atoms with van der Waals surface area (Å²) in [5.74, 6) is -0.535. The molecule has 26 heavy (non-hydrogen) atoms. The molecule has 0 heterocycles. The Morgan fingerprint density at radius 2 is 0.962 bits per heavy atom. The lowest BCUT2D eigenvalue weighted by molar-refractivity contribution is -0.144. The van der Waals surface area contributed by atoms with Gasteiger partial charge in [0.15, 0.2) is 0 Å². The zero-order valence-corrected chi connectivity index (χ0v) is 16.4. The van der Waals surface area contributed by atoms with Gasteiger partial charge in [0, 0.05) is 53.4 Å². The summed E-state index contributed by atoms with van der Waals surface area (Å²) in [4.78, 5) is 29.8. The van der Waals surface area contributed by atoms with Gasteiger partial charge in [0.05, 0.1) is 6.04 Å². The fourth-order valence-corrected chi connectivity index (χ4v) is 2.99. The van der Waals surface area contributed by atoms with Crippen LogP contribution in [0.15, 0.2) is 48.5 Å². The van der Waals surface area contributed by atoms with Crippen LogP contribution in [0.3, 0.4) is 0 Å². The highest BCUT2D eigenvalue weighted by molar-refractivity contribution is 5.94. The molecule has 0 saturated heterocycles. The van der Waals surface area contributed by atoms with E-state index in [0.29, 0.717) is 0 Å². The third-order valence-electron chi connectivity index (χ3n) is 4.39. The minimum atomic E-state index is -0.447. The lowest BCUT2D eigenvalue weighted by atomic mass is 9.96. The first-order valence-electron chi connectivity index (χ1n) is 8.57. The Balaban J connectivity index is 2.54. The second-order valence-electron chi connectivity index (χ2n) is 6.78. The van der Waals surface area contributed by atoms with Crippen LogP contribution in [0.2, 0.25) is 0 Å². The zero-order chi connectivity index (χ0) is 19.4. The molecule has 0 N–H and O–H groups in total. The number of imide groups is 1. The van der Waals surface area contributed by atoms with E-state index in [0.717, 1.165) is 22.5 Å². The smallest absolute Gasteiger partial charge is 0.226 e. The van der Waals surface area contributed by atoms with Crippen molar-refractivity contribution in [1.82, 2.24) is 4.90 Å². The van der Waals surface area contributed by atoms with Crippen molar-refractivity contribution in [1.29, 1.82) is 0 Å². The average Bonchev–Trinajstić information content (AvgIpc) is 2.59. The van der Waals surface area contributed by atoms with Gasteiger partial charge in [0.2, 0.25) is 11.8 Å². The number of rotatable bonds is 5. The van der Waals surface area contributed by atoms with Crippen LogP contribution in [-0.4, -0.2) is 44.9 Å². The topological polar surface area (TPSA) is 43.9 Å². The highest BCUT2D eigenvalue weighted by Crippen LogP contribution is 2.31. The summed E-state index contributed by atoms with van der Waals surface area (Å²) < 4.78 is 0. The van der Waals surface area contributed by atoms with Crippen molar-refractivity contribution in [2.24, 2.45) is 0 Å². The second kappa shape index (κ2) is 8.04. The van der Waals surface area contributed by atoms with Gasteiger partial charge < -0.3 is 9.80 Å². The van der Waals surface area contributed by atoms with Crippen LogP contribution in [0, 0.1) is 0 Å². The van der Waals surface area contributed by atoms with E-state index in [1.54, 1.807) is 0 Å². The SMILES string of the molecule is CC(=O)N(C(C)=O)C(c1ccc(N(C)C)cc1)c1ccc(N(C)C)cc1. The Hall–Kier alpha value is -2.82. The van der Waals surface area contributed by atoms with Crippen molar-refractivity contribution in [3.8, 4) is 0 Å². The molecule has 0 atom stereocenters. The minimum Gasteiger partial charge on any atom is -0.378 e. The van der Waals surface area contributed by atoms with Gasteiger partial charge in [-0.1, -0.05) is 24.3 Å². The molecule has 5 heteroatoms. The van der Waals surface area contributed by atoms with Gasteiger partial charge in [-0.2, -0.15) is 0 Å². The fourth-order valence-electron chi connectivity index (χ4n) is 2.99. The first kappa shape index (κ1) is 19.5. The Labute approximate surface area is 155 Å². The molecule has 0 radical (unpaired) electrons. The molecule has 138 valence electrons. The van der Waals surface area contributed by atoms with Crippen LogP contribution >= 0.6 is 0 Å². The maximum absolute atomic E-state index is 12.2. The quantitative estimate of drug-likeness (QED) is 0.827. The number of nitrogens with zero attached hydrogens (tertiary/aromatic N) is 3. The Kier molecular flexibility index (Phi) is 6.03. The predicted molar refractivity (Wildman–Crippen MR) is 107 cm³/mol. The van der Waals surface area contributed by atoms with Crippen LogP contribution < -0.4 is 9.80 Å². The van der Waals surface area contributed by atoms with E-state index < -0.39 is 6.04 Å². The number of hydrogen-bond donors (Lipinski definition) is 0. The molecule has 2 rings (SSSR count). The maximum Gasteiger partial charge on any atom is 0.226 e. The molecular weight excluding hydrogens is 326 g/mol. The molecule has 0 bridgehead atoms. The summed E-state index contributed by atoms with van der Waals surface area (Å²) in [6.07, 6.45) is 0. The molecule has 0 aliphatic heterocycles. The number of hydrogen-bond acceptors (Lipinski definition) is 4. The Morgan fingerprint density at radius 3 is 1.19 bits per heavy atom. The largest absolute Gasteiger partial charge is 0.378 e. The lowest BCUT2D eigenvalue weighted by Gasteiger charge is -2.30. The zero-order valence-electron chi connectivity index (χ0n) is 16.4. The van der Waals surface area contributed by atoms with Gasteiger partial charge in [-0.15, -0.1) is 0 Å². The third kappa shape index (κ3) is 4.23. The van der Waals surface area contributed by atoms with Crippen molar-refractivity contribution in [3.63, 3.8) is 0 Å². The molecule has 0 aliphatic rings. The number of anilines is 2. The first-order valence-corrected chi connectivity index (χ1v) is 8.57. The highest BCUT2D eigenvalue weighted by Gasteiger charge is 2.28. The van der Waals surface area contributed by atoms with Crippen molar-refractivity contribution in [3.05, 3.63) is 59.7 Å². The molecule has 0 aliphatic carbocycles. The van der Waals surface area contributed by atoms with Crippen molar-refractivity contribution >= 4 is 23.2 Å². The molecular formula is C21H27N3O2. The van der Waals surface area contributed by atoms with E-state index in [1.165, 1.54) is 18.7 Å². The van der Waals surface area contributed by atoms with Gasteiger partial charge in [-0.05, 0) is 35.4 Å². The molecule has 0 unspecified atom stereocenters. The molecule has 5 nitrogen and oxygen atoms in total. The van der Waals surface area contributed by atoms with Crippen LogP contribution in [0.4, 0.5) is 11.4 Å². The predicted octanol–water partition coefficient (Wildman–Crippen LogP) is 3.30. The van der Waals surface area contributed by atoms with E-state index in [-0.39, 0.29) is 11.8 Å². The lowest BCUT2D eigenvalue weighted by Crippen LogP contribution is -2.37. The summed E-state index contributed by atoms with van der Waals surface area (Å²) in [6, 6.07) is 15.4. The maximum atomic E-state index is 12.2. The van der Waals surface area contributed by atoms with Crippen LogP contribution in [0.5, 0.6) is 0 Å². The summed E-state index contributed by atoms with van der Waals surface area (Å²) in [5.41, 5.74) is 3.93. The molecule has 0 spiro atoms. The number of amides is 2. The number of benzene rings is 2. The summed E-state index contributed by atoms with van der Waals surface area (Å²) in [6.45, 7) is 2.85. The normalized spacial score (nSPS) is 10.6. The summed E-state index contributed by atoms with van der Waals surface area (Å²) in [7, 11) is 7.90. The van der Waals surface area contributed by atoms with Crippen molar-refractivity contribution in [2.75, 3.05) is 38.0 Å². The summed E-state index contributed by atoms with van der Waals surface area (Å²) >= 11 is 0. The second-order valence-corrected chi connectivity index (χ2v) is 6.78. The van der Waals surface area contributed by atoms with E-state index in [4.69, 9.17) is 0 Å². The molecule has 0 fully saturated rings. The molecule has 0 saturated carbocycles. The molecule has 2 aromatic rings. The summed E-state index contributed by atoms with van der Waals surface area (Å²) in [5, 5.41) is 0. The van der Waals surface area contributed by atoms with Crippen LogP contribution in [-0.2, 0) is 9.59 Å². The van der Waals surface area contributed by atoms with E-state index >= 15 is 0 Å². The first-order chi connectivity index (χ1) is 12.2. The van der Waals surface area contributed by atoms with Crippen LogP contribution in [0.25, 0.3) is 0 Å². The molecule has 2 aromatic carbocycles. The van der Waals surface area contributed by atoms with Gasteiger partial charge in [0.1, 0.15) is 0 Å². The Bertz CT molecular complexity index is 699. The van der Waals surface area contributed by atoms with Gasteiger partial charge >= 0.3 is 0 Å². The van der Waals surface area contributed by atoms with Gasteiger partial charge in [-0.3, -0.25) is 14.5 Å². The van der Waals surface area contributed by atoms with E-state index in [1.807, 2.05) is 86.5 Å². The number of carbonyl (C=O) groups is 2. The number of carbonyl (C=O) groups excluding carboxylic acids is 2. The molecule has 2 amide bonds. The fraction of sp³-hybridized carbons (Fsp3) is 0.333. The van der Waals surface area contributed by atoms with Crippen molar-refractivity contribution in [2.45, 2.75) is 19.9 Å². The Morgan fingerprint density at radius 1 is 0.654 bits per heavy atom. The minimum absolute atomic E-state index is 0.268. The highest BCUT2D eigenvalue weighted by atomic mass is 16.2. The standard InChI is InChI=1S/C21H27N3O2/c1-15(25)24(16(2)26)21(17-7-11-19(12-8-17)22(3)4)18-9-13-20(14-10-18)23(5)6/h7-14,21H,1-6H3. The van der Waals surface area contributed by atoms with Gasteiger partial charge in [-0.25, -0.2) is 0 Å². The average molecular weight is 353 g/mol. The third-order valence-corrected chi connectivity index (χ3v) is 4.39. The molecule has 0 aromatic heterocycles. The monoisotopic (exact) mass is 353 g/mol. The van der Waals surface area contributed by atoms with E-state index in [9.17, 15) is 9.59 Å². The van der Waals surface area contributed by atoms with E-state index in [2.05, 4.69) is 0 Å². The van der Waals surface area contributed by atoms with Crippen LogP contribution in [0.1, 0.15) is 31.0 Å².